The van der Waals surface area contributed by atoms with E-state index in [1.165, 1.54) is 58.7 Å². The van der Waals surface area contributed by atoms with E-state index in [1.807, 2.05) is 60.7 Å². The quantitative estimate of drug-likeness (QED) is 0.139. The van der Waals surface area contributed by atoms with E-state index in [0.717, 1.165) is 50.8 Å². The molecule has 0 spiro atoms. The maximum Gasteiger partial charge on any atom is 0.171 e. The summed E-state index contributed by atoms with van der Waals surface area (Å²) >= 11 is 0. The first-order valence-electron chi connectivity index (χ1n) is 17.6. The second kappa shape index (κ2) is 10.9. The lowest BCUT2D eigenvalue weighted by Crippen LogP contribution is -2.25. The van der Waals surface area contributed by atoms with Crippen molar-refractivity contribution >= 4 is 55.6 Å². The highest BCUT2D eigenvalue weighted by atomic mass is 31.2. The van der Waals surface area contributed by atoms with Crippen LogP contribution in [0.4, 0.5) is 0 Å². The number of fused-ring (bicyclic) bond motifs is 7. The minimum absolute atomic E-state index is 0.454. The van der Waals surface area contributed by atoms with Crippen molar-refractivity contribution in [2.75, 3.05) is 0 Å². The third-order valence-corrected chi connectivity index (χ3v) is 14.5. The molecular formula is C44H37N2OP. The Morgan fingerprint density at radius 1 is 0.688 bits per heavy atom. The van der Waals surface area contributed by atoms with Gasteiger partial charge in [-0.2, -0.15) is 0 Å². The lowest BCUT2D eigenvalue weighted by Gasteiger charge is -2.23. The van der Waals surface area contributed by atoms with E-state index in [1.54, 1.807) is 0 Å². The summed E-state index contributed by atoms with van der Waals surface area (Å²) < 4.78 is 18.4. The number of hydrogen-bond acceptors (Lipinski definition) is 2. The molecule has 3 nitrogen and oxygen atoms in total. The molecule has 1 fully saturated rings. The summed E-state index contributed by atoms with van der Waals surface area (Å²) in [5, 5.41) is 7.50. The van der Waals surface area contributed by atoms with Crippen molar-refractivity contribution in [2.45, 2.75) is 44.6 Å². The van der Waals surface area contributed by atoms with E-state index in [2.05, 4.69) is 77.4 Å². The number of allylic oxidation sites excluding steroid dienone is 2. The van der Waals surface area contributed by atoms with Crippen LogP contribution in [0.25, 0.3) is 43.8 Å². The fourth-order valence-electron chi connectivity index (χ4n) is 9.14. The van der Waals surface area contributed by atoms with Crippen molar-refractivity contribution in [2.24, 2.45) is 11.8 Å². The first kappa shape index (κ1) is 28.3. The number of benzene rings is 5. The Hall–Kier alpha value is -4.72. The molecule has 5 aromatic carbocycles. The molecule has 48 heavy (non-hydrogen) atoms. The number of pyridine rings is 1. The average molecular weight is 641 g/mol. The molecule has 1 saturated carbocycles. The van der Waals surface area contributed by atoms with Gasteiger partial charge < -0.3 is 9.13 Å². The zero-order valence-corrected chi connectivity index (χ0v) is 27.8. The van der Waals surface area contributed by atoms with Crippen LogP contribution < -0.4 is 15.9 Å². The standard InChI is InChI=1S/C44H37N2OP/c47-48(29-15-3-1-4-16-29,30-17-5-2-6-18-30)40-28-27-33(31-19-7-8-20-32(31)40)42-44-41(36-23-11-13-25-38(36)45-42)37-24-12-14-26-39(37)46(44)43-34-21-9-10-22-35(34)43/h1-9,12,14-21,24,26-28,34-35,43H,10-11,13,22-23,25H2. The normalized spacial score (nSPS) is 20.2. The van der Waals surface area contributed by atoms with Gasteiger partial charge >= 0.3 is 0 Å². The van der Waals surface area contributed by atoms with Crippen LogP contribution >= 0.6 is 7.14 Å². The predicted molar refractivity (Wildman–Crippen MR) is 201 cm³/mol. The van der Waals surface area contributed by atoms with Gasteiger partial charge in [-0.3, -0.25) is 4.98 Å². The summed E-state index contributed by atoms with van der Waals surface area (Å²) in [5.41, 5.74) is 7.53. The lowest BCUT2D eigenvalue weighted by molar-refractivity contribution is 0.592. The molecule has 3 aliphatic rings. The summed E-state index contributed by atoms with van der Waals surface area (Å²) in [6.07, 6.45) is 11.8. The zero-order valence-electron chi connectivity index (χ0n) is 26.9. The summed E-state index contributed by atoms with van der Waals surface area (Å²) in [5.74, 6) is 1.27. The lowest BCUT2D eigenvalue weighted by atomic mass is 9.90. The molecule has 0 N–H and O–H groups in total. The SMILES string of the molecule is O=P(c1ccccc1)(c1ccccc1)c1ccc(-c2nc3c(c4c5ccccc5n(C5C6C=CCCC65)c24)CCCC3)c2ccccc12. The van der Waals surface area contributed by atoms with Gasteiger partial charge in [-0.05, 0) is 72.9 Å². The third kappa shape index (κ3) is 4.07. The molecule has 234 valence electrons. The maximum atomic E-state index is 15.7. The first-order chi connectivity index (χ1) is 23.7. The maximum absolute atomic E-state index is 15.7. The third-order valence-electron chi connectivity index (χ3n) is 11.4. The van der Waals surface area contributed by atoms with Crippen molar-refractivity contribution in [3.8, 4) is 11.3 Å². The van der Waals surface area contributed by atoms with Crippen LogP contribution in [0.15, 0.2) is 133 Å². The molecule has 0 bridgehead atoms. The highest BCUT2D eigenvalue weighted by molar-refractivity contribution is 7.85. The van der Waals surface area contributed by atoms with E-state index in [9.17, 15) is 0 Å². The van der Waals surface area contributed by atoms with E-state index >= 15 is 4.57 Å². The Balaban J connectivity index is 1.29. The molecule has 0 saturated heterocycles. The van der Waals surface area contributed by atoms with Crippen LogP contribution in [0.1, 0.15) is 43.0 Å². The molecule has 3 unspecified atom stereocenters. The molecule has 2 heterocycles. The van der Waals surface area contributed by atoms with Gasteiger partial charge in [-0.25, -0.2) is 0 Å². The van der Waals surface area contributed by atoms with Gasteiger partial charge in [0, 0.05) is 55.4 Å². The number of aryl methyl sites for hydroxylation is 2. The highest BCUT2D eigenvalue weighted by Gasteiger charge is 2.51. The fourth-order valence-corrected chi connectivity index (χ4v) is 12.0. The van der Waals surface area contributed by atoms with Crippen molar-refractivity contribution in [1.29, 1.82) is 0 Å². The molecule has 4 heteroatoms. The van der Waals surface area contributed by atoms with Gasteiger partial charge in [0.1, 0.15) is 0 Å². The van der Waals surface area contributed by atoms with Crippen LogP contribution in [-0.4, -0.2) is 9.55 Å². The zero-order chi connectivity index (χ0) is 31.8. The molecule has 3 aliphatic carbocycles. The summed E-state index contributed by atoms with van der Waals surface area (Å²) in [6.45, 7) is 0. The van der Waals surface area contributed by atoms with Gasteiger partial charge in [0.2, 0.25) is 0 Å². The Morgan fingerprint density at radius 3 is 2.08 bits per heavy atom. The van der Waals surface area contributed by atoms with Crippen LogP contribution in [0.2, 0.25) is 0 Å². The molecule has 0 radical (unpaired) electrons. The molecule has 2 aromatic heterocycles. The molecule has 7 aromatic rings. The fraction of sp³-hybridized carbons (Fsp3) is 0.205. The van der Waals surface area contributed by atoms with Crippen LogP contribution in [-0.2, 0) is 17.4 Å². The summed E-state index contributed by atoms with van der Waals surface area (Å²) in [4.78, 5) is 5.65. The number of hydrogen-bond donors (Lipinski definition) is 0. The van der Waals surface area contributed by atoms with Crippen molar-refractivity contribution in [3.63, 3.8) is 0 Å². The monoisotopic (exact) mass is 640 g/mol. The van der Waals surface area contributed by atoms with Crippen LogP contribution in [0.5, 0.6) is 0 Å². The average Bonchev–Trinajstić information content (AvgIpc) is 3.78. The Morgan fingerprint density at radius 2 is 1.35 bits per heavy atom. The topological polar surface area (TPSA) is 34.9 Å². The second-order valence-electron chi connectivity index (χ2n) is 13.9. The highest BCUT2D eigenvalue weighted by Crippen LogP contribution is 2.59. The van der Waals surface area contributed by atoms with Gasteiger partial charge in [0.05, 0.1) is 11.2 Å². The Kier molecular flexibility index (Phi) is 6.43. The van der Waals surface area contributed by atoms with Crippen molar-refractivity contribution in [3.05, 3.63) is 145 Å². The largest absolute Gasteiger partial charge is 0.335 e. The minimum atomic E-state index is -3.19. The minimum Gasteiger partial charge on any atom is -0.335 e. The van der Waals surface area contributed by atoms with E-state index in [0.29, 0.717) is 17.9 Å². The Bertz CT molecular complexity index is 2420. The van der Waals surface area contributed by atoms with E-state index < -0.39 is 7.14 Å². The number of nitrogens with zero attached hydrogens (tertiary/aromatic N) is 2. The summed E-state index contributed by atoms with van der Waals surface area (Å²) in [6, 6.07) is 42.6. The van der Waals surface area contributed by atoms with Gasteiger partial charge in [-0.15, -0.1) is 0 Å². The predicted octanol–water partition coefficient (Wildman–Crippen LogP) is 9.66. The Labute approximate surface area is 281 Å². The van der Waals surface area contributed by atoms with Crippen LogP contribution in [0, 0.1) is 11.8 Å². The van der Waals surface area contributed by atoms with E-state index in [4.69, 9.17) is 4.98 Å². The number of para-hydroxylation sites is 1. The molecular weight excluding hydrogens is 603 g/mol. The molecule has 0 aliphatic heterocycles. The van der Waals surface area contributed by atoms with Crippen LogP contribution in [0.3, 0.4) is 0 Å². The van der Waals surface area contributed by atoms with Gasteiger partial charge in [0.15, 0.2) is 7.14 Å². The summed E-state index contributed by atoms with van der Waals surface area (Å²) in [7, 11) is -3.19. The second-order valence-corrected chi connectivity index (χ2v) is 16.6. The van der Waals surface area contributed by atoms with Crippen molar-refractivity contribution < 1.29 is 4.57 Å². The van der Waals surface area contributed by atoms with Crippen molar-refractivity contribution in [1.82, 2.24) is 9.55 Å². The first-order valence-corrected chi connectivity index (χ1v) is 19.3. The number of rotatable bonds is 5. The molecule has 0 amide bonds. The smallest absolute Gasteiger partial charge is 0.171 e. The van der Waals surface area contributed by atoms with Gasteiger partial charge in [0.25, 0.3) is 0 Å². The van der Waals surface area contributed by atoms with E-state index in [-0.39, 0.29) is 0 Å². The molecule has 3 atom stereocenters. The van der Waals surface area contributed by atoms with Gasteiger partial charge in [-0.1, -0.05) is 121 Å². The number of aromatic nitrogens is 2. The molecule has 10 rings (SSSR count).